The SMILES string of the molecule is CCCCCCOc1nc(C)cc(C)c1CNCC. The smallest absolute Gasteiger partial charge is 0.218 e. The highest BCUT2D eigenvalue weighted by Crippen LogP contribution is 2.21. The highest BCUT2D eigenvalue weighted by atomic mass is 16.5. The summed E-state index contributed by atoms with van der Waals surface area (Å²) in [5.41, 5.74) is 3.49. The predicted molar refractivity (Wildman–Crippen MR) is 80.7 cm³/mol. The monoisotopic (exact) mass is 264 g/mol. The standard InChI is InChI=1S/C16H28N2O/c1-5-7-8-9-10-19-16-15(12-17-6-2)13(3)11-14(4)18-16/h11,17H,5-10,12H2,1-4H3. The molecule has 0 saturated heterocycles. The number of hydrogen-bond acceptors (Lipinski definition) is 3. The topological polar surface area (TPSA) is 34.1 Å². The van der Waals surface area contributed by atoms with Crippen molar-refractivity contribution in [2.45, 2.75) is 59.9 Å². The summed E-state index contributed by atoms with van der Waals surface area (Å²) in [6.45, 7) is 11.1. The number of hydrogen-bond donors (Lipinski definition) is 1. The fourth-order valence-corrected chi connectivity index (χ4v) is 2.11. The number of nitrogens with zero attached hydrogens (tertiary/aromatic N) is 1. The number of aromatic nitrogens is 1. The number of unbranched alkanes of at least 4 members (excludes halogenated alkanes) is 3. The van der Waals surface area contributed by atoms with Crippen LogP contribution in [0, 0.1) is 13.8 Å². The Bertz CT molecular complexity index is 377. The fraction of sp³-hybridized carbons (Fsp3) is 0.688. The van der Waals surface area contributed by atoms with Crippen molar-refractivity contribution in [1.82, 2.24) is 10.3 Å². The van der Waals surface area contributed by atoms with E-state index >= 15 is 0 Å². The van der Waals surface area contributed by atoms with Crippen LogP contribution >= 0.6 is 0 Å². The Morgan fingerprint density at radius 3 is 2.63 bits per heavy atom. The molecule has 0 spiro atoms. The van der Waals surface area contributed by atoms with Gasteiger partial charge in [0.1, 0.15) is 0 Å². The summed E-state index contributed by atoms with van der Waals surface area (Å²) < 4.78 is 5.89. The van der Waals surface area contributed by atoms with Gasteiger partial charge >= 0.3 is 0 Å². The summed E-state index contributed by atoms with van der Waals surface area (Å²) in [5, 5.41) is 3.36. The van der Waals surface area contributed by atoms with Crippen LogP contribution in [0.15, 0.2) is 6.07 Å². The molecule has 0 bridgehead atoms. The molecule has 1 aromatic heterocycles. The maximum atomic E-state index is 5.89. The first-order valence-electron chi connectivity index (χ1n) is 7.49. The van der Waals surface area contributed by atoms with Gasteiger partial charge in [0.2, 0.25) is 5.88 Å². The second kappa shape index (κ2) is 8.92. The van der Waals surface area contributed by atoms with E-state index in [-0.39, 0.29) is 0 Å². The average Bonchev–Trinajstić information content (AvgIpc) is 2.37. The predicted octanol–water partition coefficient (Wildman–Crippen LogP) is 3.77. The Labute approximate surface area is 117 Å². The first-order chi connectivity index (χ1) is 9.19. The first-order valence-corrected chi connectivity index (χ1v) is 7.49. The van der Waals surface area contributed by atoms with Gasteiger partial charge in [0.15, 0.2) is 0 Å². The Morgan fingerprint density at radius 2 is 1.95 bits per heavy atom. The van der Waals surface area contributed by atoms with Crippen molar-refractivity contribution in [1.29, 1.82) is 0 Å². The summed E-state index contributed by atoms with van der Waals surface area (Å²) >= 11 is 0. The summed E-state index contributed by atoms with van der Waals surface area (Å²) in [6, 6.07) is 2.12. The maximum Gasteiger partial charge on any atom is 0.218 e. The van der Waals surface area contributed by atoms with E-state index in [0.29, 0.717) is 0 Å². The van der Waals surface area contributed by atoms with Crippen LogP contribution in [-0.4, -0.2) is 18.1 Å². The van der Waals surface area contributed by atoms with Gasteiger partial charge in [-0.15, -0.1) is 0 Å². The molecule has 0 fully saturated rings. The van der Waals surface area contributed by atoms with Gasteiger partial charge in [0.05, 0.1) is 6.61 Å². The van der Waals surface area contributed by atoms with E-state index in [1.807, 2.05) is 6.92 Å². The zero-order valence-electron chi connectivity index (χ0n) is 12.9. The average molecular weight is 264 g/mol. The molecule has 108 valence electrons. The molecule has 1 heterocycles. The Kier molecular flexibility index (Phi) is 7.49. The lowest BCUT2D eigenvalue weighted by Gasteiger charge is -2.14. The number of ether oxygens (including phenoxy) is 1. The molecule has 3 nitrogen and oxygen atoms in total. The second-order valence-electron chi connectivity index (χ2n) is 5.05. The number of nitrogens with one attached hydrogen (secondary N) is 1. The molecule has 0 aliphatic rings. The van der Waals surface area contributed by atoms with Crippen LogP contribution in [0.1, 0.15) is 56.4 Å². The van der Waals surface area contributed by atoms with Gasteiger partial charge < -0.3 is 10.1 Å². The van der Waals surface area contributed by atoms with Gasteiger partial charge in [0.25, 0.3) is 0 Å². The fourth-order valence-electron chi connectivity index (χ4n) is 2.11. The third kappa shape index (κ3) is 5.60. The minimum Gasteiger partial charge on any atom is -0.477 e. The van der Waals surface area contributed by atoms with Crippen LogP contribution < -0.4 is 10.1 Å². The number of pyridine rings is 1. The summed E-state index contributed by atoms with van der Waals surface area (Å²) in [6.07, 6.45) is 4.90. The summed E-state index contributed by atoms with van der Waals surface area (Å²) in [4.78, 5) is 4.54. The number of aryl methyl sites for hydroxylation is 2. The molecule has 0 saturated carbocycles. The van der Waals surface area contributed by atoms with Crippen LogP contribution in [0.2, 0.25) is 0 Å². The quantitative estimate of drug-likeness (QED) is 0.689. The van der Waals surface area contributed by atoms with Crippen LogP contribution in [0.5, 0.6) is 5.88 Å². The highest BCUT2D eigenvalue weighted by Gasteiger charge is 2.09. The van der Waals surface area contributed by atoms with E-state index in [2.05, 4.69) is 37.1 Å². The van der Waals surface area contributed by atoms with E-state index in [4.69, 9.17) is 4.74 Å². The molecule has 0 aliphatic carbocycles. The Balaban J connectivity index is 2.62. The Hall–Kier alpha value is -1.09. The van der Waals surface area contributed by atoms with Crippen LogP contribution in [0.4, 0.5) is 0 Å². The molecule has 1 aromatic rings. The van der Waals surface area contributed by atoms with E-state index in [1.165, 1.54) is 30.4 Å². The summed E-state index contributed by atoms with van der Waals surface area (Å²) in [7, 11) is 0. The minimum absolute atomic E-state index is 0.773. The largest absolute Gasteiger partial charge is 0.477 e. The molecular formula is C16H28N2O. The lowest BCUT2D eigenvalue weighted by atomic mass is 10.1. The van der Waals surface area contributed by atoms with Crippen LogP contribution in [0.25, 0.3) is 0 Å². The van der Waals surface area contributed by atoms with E-state index in [1.54, 1.807) is 0 Å². The lowest BCUT2D eigenvalue weighted by Crippen LogP contribution is -2.15. The van der Waals surface area contributed by atoms with Gasteiger partial charge in [-0.2, -0.15) is 0 Å². The molecular weight excluding hydrogens is 236 g/mol. The van der Waals surface area contributed by atoms with Crippen LogP contribution in [-0.2, 0) is 6.54 Å². The normalized spacial score (nSPS) is 10.7. The van der Waals surface area contributed by atoms with Crippen molar-refractivity contribution >= 4 is 0 Å². The third-order valence-electron chi connectivity index (χ3n) is 3.23. The minimum atomic E-state index is 0.773. The van der Waals surface area contributed by atoms with Crippen LogP contribution in [0.3, 0.4) is 0 Å². The molecule has 0 aliphatic heterocycles. The summed E-state index contributed by atoms with van der Waals surface area (Å²) in [5.74, 6) is 0.815. The highest BCUT2D eigenvalue weighted by molar-refractivity contribution is 5.35. The molecule has 19 heavy (non-hydrogen) atoms. The number of rotatable bonds is 9. The zero-order valence-corrected chi connectivity index (χ0v) is 12.9. The van der Waals surface area contributed by atoms with Crippen molar-refractivity contribution in [2.75, 3.05) is 13.2 Å². The van der Waals surface area contributed by atoms with Crippen molar-refractivity contribution in [3.8, 4) is 5.88 Å². The van der Waals surface area contributed by atoms with Gasteiger partial charge in [-0.1, -0.05) is 33.1 Å². The molecule has 0 aromatic carbocycles. The molecule has 1 N–H and O–H groups in total. The second-order valence-corrected chi connectivity index (χ2v) is 5.05. The van der Waals surface area contributed by atoms with Crippen molar-refractivity contribution < 1.29 is 4.74 Å². The van der Waals surface area contributed by atoms with Crippen molar-refractivity contribution in [3.63, 3.8) is 0 Å². The first kappa shape index (κ1) is 16.0. The van der Waals surface area contributed by atoms with Gasteiger partial charge in [-0.05, 0) is 38.4 Å². The molecule has 0 amide bonds. The molecule has 0 unspecified atom stereocenters. The Morgan fingerprint density at radius 1 is 1.16 bits per heavy atom. The van der Waals surface area contributed by atoms with E-state index in [9.17, 15) is 0 Å². The van der Waals surface area contributed by atoms with E-state index < -0.39 is 0 Å². The van der Waals surface area contributed by atoms with Gasteiger partial charge in [-0.25, -0.2) is 4.98 Å². The molecule has 0 radical (unpaired) electrons. The maximum absolute atomic E-state index is 5.89. The van der Waals surface area contributed by atoms with E-state index in [0.717, 1.165) is 37.7 Å². The van der Waals surface area contributed by atoms with Gasteiger partial charge in [-0.3, -0.25) is 0 Å². The molecule has 1 rings (SSSR count). The zero-order chi connectivity index (χ0) is 14.1. The lowest BCUT2D eigenvalue weighted by molar-refractivity contribution is 0.289. The molecule has 0 atom stereocenters. The van der Waals surface area contributed by atoms with Crippen molar-refractivity contribution in [2.24, 2.45) is 0 Å². The third-order valence-corrected chi connectivity index (χ3v) is 3.23. The molecule has 3 heteroatoms. The van der Waals surface area contributed by atoms with Crippen molar-refractivity contribution in [3.05, 3.63) is 22.9 Å². The van der Waals surface area contributed by atoms with Gasteiger partial charge in [0, 0.05) is 17.8 Å².